The Balaban J connectivity index is 1.42. The van der Waals surface area contributed by atoms with Gasteiger partial charge in [0.15, 0.2) is 11.5 Å². The number of hydrogen-bond acceptors (Lipinski definition) is 10. The zero-order valence-electron chi connectivity index (χ0n) is 26.8. The number of aliphatic carboxylic acids is 1. The summed E-state index contributed by atoms with van der Waals surface area (Å²) in [6, 6.07) is 15.9. The van der Waals surface area contributed by atoms with Gasteiger partial charge in [0.25, 0.3) is 5.91 Å². The van der Waals surface area contributed by atoms with Crippen LogP contribution >= 0.6 is 0 Å². The van der Waals surface area contributed by atoms with E-state index in [9.17, 15) is 29.1 Å². The summed E-state index contributed by atoms with van der Waals surface area (Å²) in [6.07, 6.45) is -1.45. The monoisotopic (exact) mass is 649 g/mol. The van der Waals surface area contributed by atoms with E-state index in [0.29, 0.717) is 11.4 Å². The smallest absolute Gasteiger partial charge is 0.481 e. The number of nitrogens with one attached hydrogen (secondary N) is 1. The molecule has 0 radical (unpaired) electrons. The van der Waals surface area contributed by atoms with Gasteiger partial charge in [-0.15, -0.1) is 5.06 Å². The minimum atomic E-state index is -1.17. The highest BCUT2D eigenvalue weighted by atomic mass is 16.8. The first kappa shape index (κ1) is 34.6. The number of piperazine rings is 1. The number of amides is 2. The minimum Gasteiger partial charge on any atom is -0.481 e. The third-order valence-corrected chi connectivity index (χ3v) is 7.32. The Hall–Kier alpha value is -5.24. The average molecular weight is 650 g/mol. The Morgan fingerprint density at radius 1 is 0.957 bits per heavy atom. The lowest BCUT2D eigenvalue weighted by atomic mass is 9.91. The molecule has 2 amide bonds. The molecule has 2 N–H and O–H groups in total. The first-order chi connectivity index (χ1) is 22.3. The van der Waals surface area contributed by atoms with E-state index in [-0.39, 0.29) is 63.0 Å². The van der Waals surface area contributed by atoms with Crippen LogP contribution < -0.4 is 14.8 Å². The first-order valence-corrected chi connectivity index (χ1v) is 15.1. The second-order valence-corrected chi connectivity index (χ2v) is 12.0. The number of rotatable bonds is 12. The number of benzene rings is 2. The van der Waals surface area contributed by atoms with Crippen LogP contribution in [0.5, 0.6) is 11.6 Å². The zero-order valence-corrected chi connectivity index (χ0v) is 26.8. The molecule has 0 spiro atoms. The van der Waals surface area contributed by atoms with Gasteiger partial charge in [-0.1, -0.05) is 56.7 Å². The molecule has 4 rings (SSSR count). The third kappa shape index (κ3) is 9.87. The Bertz CT molecular complexity index is 1570. The summed E-state index contributed by atoms with van der Waals surface area (Å²) in [4.78, 5) is 69.8. The lowest BCUT2D eigenvalue weighted by Crippen LogP contribution is -2.55. The normalized spacial score (nSPS) is 14.2. The molecule has 2 aromatic carbocycles. The summed E-state index contributed by atoms with van der Waals surface area (Å²) in [5.41, 5.74) is 0.851. The Morgan fingerprint density at radius 3 is 2.23 bits per heavy atom. The number of aromatic nitrogens is 2. The molecular weight excluding hydrogens is 610 g/mol. The van der Waals surface area contributed by atoms with Gasteiger partial charge in [-0.25, -0.2) is 9.48 Å². The number of nitrogens with zero attached hydrogens (tertiary/aromatic N) is 4. The predicted octanol–water partition coefficient (Wildman–Crippen LogP) is 3.41. The van der Waals surface area contributed by atoms with Crippen molar-refractivity contribution in [2.45, 2.75) is 46.6 Å². The van der Waals surface area contributed by atoms with Crippen LogP contribution in [0.25, 0.3) is 5.69 Å². The van der Waals surface area contributed by atoms with Gasteiger partial charge in [0.05, 0.1) is 18.8 Å². The number of ether oxygens (including phenoxy) is 2. The maximum atomic E-state index is 13.5. The predicted molar refractivity (Wildman–Crippen MR) is 168 cm³/mol. The molecule has 47 heavy (non-hydrogen) atoms. The van der Waals surface area contributed by atoms with Gasteiger partial charge in [-0.2, -0.15) is 5.10 Å². The second-order valence-electron chi connectivity index (χ2n) is 12.0. The quantitative estimate of drug-likeness (QED) is 0.218. The van der Waals surface area contributed by atoms with Crippen LogP contribution in [-0.4, -0.2) is 93.4 Å². The summed E-state index contributed by atoms with van der Waals surface area (Å²) in [6.45, 7) is 7.62. The van der Waals surface area contributed by atoms with E-state index in [1.54, 1.807) is 69.3 Å². The standard InChI is InChI=1S/C33H39N5O9/c1-22-10-12-24(13-11-22)46-32(44)47-37-18-16-36(17-19-37)31(43)25(14-15-29(40)41)34-30(42)26-20-28(45-21-27(39)33(2,3)4)38(35-26)23-8-6-5-7-9-23/h5-13,20,25H,14-19,21H2,1-4H3,(H,34,42)(H,40,41)/t25-/m0/s1. The number of Topliss-reactive ketones (excluding diaryl/α,β-unsaturated/α-hetero) is 1. The summed E-state index contributed by atoms with van der Waals surface area (Å²) in [5.74, 6) is -2.03. The molecule has 0 aliphatic carbocycles. The van der Waals surface area contributed by atoms with E-state index < -0.39 is 35.4 Å². The van der Waals surface area contributed by atoms with Gasteiger partial charge < -0.3 is 29.6 Å². The van der Waals surface area contributed by atoms with Crippen molar-refractivity contribution in [1.29, 1.82) is 0 Å². The molecule has 1 fully saturated rings. The van der Waals surface area contributed by atoms with Crippen molar-refractivity contribution in [2.75, 3.05) is 32.8 Å². The van der Waals surface area contributed by atoms with E-state index in [1.807, 2.05) is 13.0 Å². The number of carbonyl (C=O) groups excluding carboxylic acids is 4. The number of hydrogen-bond donors (Lipinski definition) is 2. The molecule has 14 heteroatoms. The summed E-state index contributed by atoms with van der Waals surface area (Å²) in [7, 11) is 0. The molecule has 0 unspecified atom stereocenters. The van der Waals surface area contributed by atoms with Crippen molar-refractivity contribution in [3.63, 3.8) is 0 Å². The van der Waals surface area contributed by atoms with Gasteiger partial charge in [0, 0.05) is 31.0 Å². The summed E-state index contributed by atoms with van der Waals surface area (Å²) >= 11 is 0. The van der Waals surface area contributed by atoms with E-state index in [2.05, 4.69) is 10.4 Å². The molecule has 1 aromatic heterocycles. The fraction of sp³-hybridized carbons (Fsp3) is 0.394. The minimum absolute atomic E-state index is 0.0921. The maximum Gasteiger partial charge on any atom is 0.533 e. The number of carbonyl (C=O) groups is 5. The molecule has 1 atom stereocenters. The van der Waals surface area contributed by atoms with Crippen molar-refractivity contribution in [1.82, 2.24) is 25.1 Å². The zero-order chi connectivity index (χ0) is 34.1. The van der Waals surface area contributed by atoms with Crippen LogP contribution in [0.2, 0.25) is 0 Å². The van der Waals surface area contributed by atoms with Gasteiger partial charge in [-0.3, -0.25) is 19.2 Å². The average Bonchev–Trinajstić information content (AvgIpc) is 3.47. The molecule has 2 heterocycles. The van der Waals surface area contributed by atoms with Crippen molar-refractivity contribution in [3.05, 3.63) is 71.9 Å². The Kier molecular flexibility index (Phi) is 11.3. The SMILES string of the molecule is Cc1ccc(OC(=O)ON2CCN(C(=O)[C@H](CCC(=O)O)NC(=O)c3cc(OCC(=O)C(C)(C)C)n(-c4ccccc4)n3)CC2)cc1. The molecule has 14 nitrogen and oxygen atoms in total. The number of carboxylic acids is 1. The number of carboxylic acid groups (broad SMARTS) is 1. The van der Waals surface area contributed by atoms with E-state index in [1.165, 1.54) is 20.7 Å². The van der Waals surface area contributed by atoms with Crippen LogP contribution in [0.15, 0.2) is 60.7 Å². The molecule has 1 aliphatic rings. The van der Waals surface area contributed by atoms with Crippen molar-refractivity contribution in [2.24, 2.45) is 5.41 Å². The summed E-state index contributed by atoms with van der Waals surface area (Å²) in [5, 5.41) is 17.7. The van der Waals surface area contributed by atoms with Crippen LogP contribution in [0.4, 0.5) is 4.79 Å². The fourth-order valence-corrected chi connectivity index (χ4v) is 4.49. The molecule has 0 bridgehead atoms. The first-order valence-electron chi connectivity index (χ1n) is 15.1. The topological polar surface area (TPSA) is 170 Å². The molecule has 1 aliphatic heterocycles. The van der Waals surface area contributed by atoms with Gasteiger partial charge in [-0.05, 0) is 37.6 Å². The van der Waals surface area contributed by atoms with Crippen molar-refractivity contribution >= 4 is 29.7 Å². The maximum absolute atomic E-state index is 13.5. The number of hydroxylamine groups is 2. The highest BCUT2D eigenvalue weighted by Gasteiger charge is 2.32. The molecule has 1 saturated heterocycles. The van der Waals surface area contributed by atoms with E-state index >= 15 is 0 Å². The highest BCUT2D eigenvalue weighted by molar-refractivity contribution is 5.96. The van der Waals surface area contributed by atoms with Gasteiger partial charge in [0.2, 0.25) is 11.8 Å². The van der Waals surface area contributed by atoms with Crippen molar-refractivity contribution < 1.29 is 43.4 Å². The van der Waals surface area contributed by atoms with Gasteiger partial charge in [0.1, 0.15) is 18.4 Å². The van der Waals surface area contributed by atoms with E-state index in [4.69, 9.17) is 14.3 Å². The van der Waals surface area contributed by atoms with Crippen LogP contribution in [0.1, 0.15) is 49.7 Å². The lowest BCUT2D eigenvalue weighted by molar-refractivity contribution is -0.153. The lowest BCUT2D eigenvalue weighted by Gasteiger charge is -2.35. The van der Waals surface area contributed by atoms with Crippen LogP contribution in [0, 0.1) is 12.3 Å². The molecular formula is C33H39N5O9. The second kappa shape index (κ2) is 15.4. The number of ketones is 1. The van der Waals surface area contributed by atoms with Gasteiger partial charge >= 0.3 is 12.1 Å². The fourth-order valence-electron chi connectivity index (χ4n) is 4.49. The third-order valence-electron chi connectivity index (χ3n) is 7.32. The Morgan fingerprint density at radius 2 is 1.62 bits per heavy atom. The van der Waals surface area contributed by atoms with Crippen LogP contribution in [-0.2, 0) is 19.2 Å². The largest absolute Gasteiger partial charge is 0.533 e. The highest BCUT2D eigenvalue weighted by Crippen LogP contribution is 2.22. The number of aryl methyl sites for hydroxylation is 1. The summed E-state index contributed by atoms with van der Waals surface area (Å²) < 4.78 is 12.3. The van der Waals surface area contributed by atoms with Crippen LogP contribution in [0.3, 0.4) is 0 Å². The molecule has 3 aromatic rings. The molecule has 250 valence electrons. The van der Waals surface area contributed by atoms with Crippen molar-refractivity contribution in [3.8, 4) is 17.3 Å². The van der Waals surface area contributed by atoms with E-state index in [0.717, 1.165) is 5.56 Å². The molecule has 0 saturated carbocycles. The Labute approximate surface area is 272 Å². The number of para-hydroxylation sites is 1.